The predicted octanol–water partition coefficient (Wildman–Crippen LogP) is 4.92. The van der Waals surface area contributed by atoms with Crippen LogP contribution in [0.3, 0.4) is 0 Å². The maximum atomic E-state index is 13.7. The van der Waals surface area contributed by atoms with Crippen LogP contribution in [0.15, 0.2) is 36.4 Å². The molecule has 0 fully saturated rings. The number of halogens is 9. The first-order valence-electron chi connectivity index (χ1n) is 6.25. The molecule has 1 atom stereocenters. The molecule has 0 saturated heterocycles. The van der Waals surface area contributed by atoms with Crippen molar-refractivity contribution in [1.82, 2.24) is 0 Å². The van der Waals surface area contributed by atoms with Gasteiger partial charge in [-0.3, -0.25) is 0 Å². The Morgan fingerprint density at radius 2 is 1.21 bits per heavy atom. The molecule has 0 aromatic heterocycles. The first-order valence-corrected chi connectivity index (χ1v) is 6.25. The molecule has 1 N–H and O–H groups in total. The van der Waals surface area contributed by atoms with Gasteiger partial charge in [-0.05, 0) is 18.6 Å². The Balaban J connectivity index is 3.27. The summed E-state index contributed by atoms with van der Waals surface area (Å²) in [6.45, 7) is 0.00675. The molecular formula is C14H11F9O. The molecule has 0 spiro atoms. The van der Waals surface area contributed by atoms with Gasteiger partial charge in [0, 0.05) is 0 Å². The van der Waals surface area contributed by atoms with Gasteiger partial charge in [0.05, 0.1) is 0 Å². The van der Waals surface area contributed by atoms with Crippen LogP contribution in [0, 0.1) is 0 Å². The quantitative estimate of drug-likeness (QED) is 0.734. The molecule has 0 aliphatic rings. The highest BCUT2D eigenvalue weighted by atomic mass is 19.4. The molecule has 1 aromatic carbocycles. The lowest BCUT2D eigenvalue weighted by Crippen LogP contribution is -2.67. The summed E-state index contributed by atoms with van der Waals surface area (Å²) in [6.07, 6.45) is -6.21. The van der Waals surface area contributed by atoms with E-state index in [1.54, 1.807) is 0 Å². The second kappa shape index (κ2) is 5.98. The van der Waals surface area contributed by atoms with E-state index in [0.29, 0.717) is 6.08 Å². The normalized spacial score (nSPS) is 17.1. The van der Waals surface area contributed by atoms with E-state index in [1.165, 1.54) is 30.3 Å². The van der Waals surface area contributed by atoms with Gasteiger partial charge in [-0.25, -0.2) is 0 Å². The lowest BCUT2D eigenvalue weighted by atomic mass is 9.88. The van der Waals surface area contributed by atoms with Gasteiger partial charge in [0.25, 0.3) is 0 Å². The Kier molecular flexibility index (Phi) is 5.07. The molecule has 0 saturated carbocycles. The van der Waals surface area contributed by atoms with Crippen molar-refractivity contribution in [2.24, 2.45) is 0 Å². The van der Waals surface area contributed by atoms with Crippen molar-refractivity contribution in [1.29, 1.82) is 0 Å². The molecule has 0 bridgehead atoms. The van der Waals surface area contributed by atoms with E-state index in [9.17, 15) is 44.6 Å². The highest BCUT2D eigenvalue weighted by molar-refractivity contribution is 5.50. The molecule has 136 valence electrons. The fraction of sp³-hybridized carbons (Fsp3) is 0.429. The maximum Gasteiger partial charge on any atom is 0.460 e. The number of aliphatic hydroxyl groups is 1. The van der Waals surface area contributed by atoms with E-state index in [2.05, 4.69) is 0 Å². The summed E-state index contributed by atoms with van der Waals surface area (Å²) in [7, 11) is 0. The molecule has 0 aliphatic heterocycles. The monoisotopic (exact) mass is 366 g/mol. The number of hydrogen-bond donors (Lipinski definition) is 1. The van der Waals surface area contributed by atoms with E-state index in [1.807, 2.05) is 0 Å². The minimum atomic E-state index is -7.05. The molecule has 0 amide bonds. The van der Waals surface area contributed by atoms with Crippen LogP contribution < -0.4 is 0 Å². The van der Waals surface area contributed by atoms with Crippen LogP contribution in [-0.4, -0.2) is 34.7 Å². The molecule has 1 nitrogen and oxygen atoms in total. The number of alkyl halides is 9. The maximum absolute atomic E-state index is 13.7. The third-order valence-electron chi connectivity index (χ3n) is 3.18. The van der Waals surface area contributed by atoms with E-state index in [4.69, 9.17) is 0 Å². The minimum absolute atomic E-state index is 0.00675. The van der Waals surface area contributed by atoms with Crippen molar-refractivity contribution < 1.29 is 44.6 Å². The molecule has 1 rings (SSSR count). The van der Waals surface area contributed by atoms with E-state index in [0.717, 1.165) is 0 Å². The SMILES string of the molecule is CC(O)(C=Cc1ccccc1)C(F)(F)C(F)(F)C(F)(F)C(F)(F)F. The summed E-state index contributed by atoms with van der Waals surface area (Å²) < 4.78 is 116. The second-order valence-corrected chi connectivity index (χ2v) is 5.11. The molecule has 0 heterocycles. The molecule has 10 heteroatoms. The zero-order valence-electron chi connectivity index (χ0n) is 11.9. The van der Waals surface area contributed by atoms with Crippen LogP contribution in [0.25, 0.3) is 6.08 Å². The standard InChI is InChI=1S/C14H11F9O/c1-10(24,8-7-9-5-3-2-4-6-9)11(15,16)12(17,18)13(19,20)14(21,22)23/h2-8,24H,1H3. The van der Waals surface area contributed by atoms with Crippen LogP contribution in [0.2, 0.25) is 0 Å². The summed E-state index contributed by atoms with van der Waals surface area (Å²) in [6, 6.07) is 6.94. The molecule has 1 unspecified atom stereocenters. The summed E-state index contributed by atoms with van der Waals surface area (Å²) in [4.78, 5) is 0. The third-order valence-corrected chi connectivity index (χ3v) is 3.18. The van der Waals surface area contributed by atoms with Gasteiger partial charge in [-0.15, -0.1) is 0 Å². The highest BCUT2D eigenvalue weighted by Crippen LogP contribution is 2.56. The minimum Gasteiger partial charge on any atom is -0.379 e. The summed E-state index contributed by atoms with van der Waals surface area (Å²) in [5.41, 5.74) is -3.86. The molecule has 24 heavy (non-hydrogen) atoms. The average Bonchev–Trinajstić information content (AvgIpc) is 2.44. The van der Waals surface area contributed by atoms with Gasteiger partial charge in [0.1, 0.15) is 0 Å². The smallest absolute Gasteiger partial charge is 0.379 e. The molecular weight excluding hydrogens is 355 g/mol. The summed E-state index contributed by atoms with van der Waals surface area (Å²) in [5, 5.41) is 9.45. The Bertz CT molecular complexity index is 588. The van der Waals surface area contributed by atoms with Gasteiger partial charge in [0.15, 0.2) is 5.60 Å². The van der Waals surface area contributed by atoms with Crippen molar-refractivity contribution >= 4 is 6.08 Å². The van der Waals surface area contributed by atoms with Gasteiger partial charge in [-0.2, -0.15) is 39.5 Å². The van der Waals surface area contributed by atoms with Crippen molar-refractivity contribution in [3.63, 3.8) is 0 Å². The van der Waals surface area contributed by atoms with Crippen LogP contribution in [-0.2, 0) is 0 Å². The zero-order chi connectivity index (χ0) is 19.0. The Labute approximate surface area is 130 Å². The van der Waals surface area contributed by atoms with Gasteiger partial charge < -0.3 is 5.11 Å². The highest BCUT2D eigenvalue weighted by Gasteiger charge is 2.84. The third kappa shape index (κ3) is 3.24. The average molecular weight is 366 g/mol. The second-order valence-electron chi connectivity index (χ2n) is 5.11. The Morgan fingerprint density at radius 1 is 0.750 bits per heavy atom. The number of hydrogen-bond acceptors (Lipinski definition) is 1. The Hall–Kier alpha value is -1.71. The van der Waals surface area contributed by atoms with Crippen molar-refractivity contribution in [3.05, 3.63) is 42.0 Å². The topological polar surface area (TPSA) is 20.2 Å². The van der Waals surface area contributed by atoms with Crippen LogP contribution in [0.4, 0.5) is 39.5 Å². The lowest BCUT2D eigenvalue weighted by molar-refractivity contribution is -0.411. The van der Waals surface area contributed by atoms with Crippen LogP contribution >= 0.6 is 0 Å². The first kappa shape index (κ1) is 20.3. The van der Waals surface area contributed by atoms with Gasteiger partial charge in [-0.1, -0.05) is 36.4 Å². The number of rotatable bonds is 5. The van der Waals surface area contributed by atoms with Gasteiger partial charge in [0.2, 0.25) is 0 Å². The van der Waals surface area contributed by atoms with Crippen molar-refractivity contribution in [2.45, 2.75) is 36.5 Å². The molecule has 0 aliphatic carbocycles. The van der Waals surface area contributed by atoms with Crippen LogP contribution in [0.1, 0.15) is 12.5 Å². The van der Waals surface area contributed by atoms with Crippen molar-refractivity contribution in [3.8, 4) is 0 Å². The summed E-state index contributed by atoms with van der Waals surface area (Å²) >= 11 is 0. The summed E-state index contributed by atoms with van der Waals surface area (Å²) in [5.74, 6) is -20.1. The predicted molar refractivity (Wildman–Crippen MR) is 67.0 cm³/mol. The number of benzene rings is 1. The zero-order valence-corrected chi connectivity index (χ0v) is 11.9. The first-order chi connectivity index (χ1) is 10.6. The van der Waals surface area contributed by atoms with E-state index < -0.39 is 29.5 Å². The fourth-order valence-electron chi connectivity index (χ4n) is 1.62. The van der Waals surface area contributed by atoms with Gasteiger partial charge >= 0.3 is 23.9 Å². The largest absolute Gasteiger partial charge is 0.460 e. The van der Waals surface area contributed by atoms with Crippen LogP contribution in [0.5, 0.6) is 0 Å². The van der Waals surface area contributed by atoms with Crippen molar-refractivity contribution in [2.75, 3.05) is 0 Å². The molecule has 1 aromatic rings. The van der Waals surface area contributed by atoms with E-state index >= 15 is 0 Å². The molecule has 0 radical (unpaired) electrons. The Morgan fingerprint density at radius 3 is 1.62 bits per heavy atom. The lowest BCUT2D eigenvalue weighted by Gasteiger charge is -2.39. The van der Waals surface area contributed by atoms with E-state index in [-0.39, 0.29) is 18.6 Å². The fourth-order valence-corrected chi connectivity index (χ4v) is 1.62.